The van der Waals surface area contributed by atoms with Crippen LogP contribution in [-0.4, -0.2) is 22.4 Å². The maximum atomic E-state index is 12.9. The Kier molecular flexibility index (Phi) is 4.48. The summed E-state index contributed by atoms with van der Waals surface area (Å²) in [4.78, 5) is 4.17. The standard InChI is InChI=1S/C17H12ClFN2O3/c1-23-15-7-2-10(9-14(15)22)8-13(18)17-20-16(21-24-17)11-3-5-12(19)6-4-11/h2-9,22H,1H3/b13-8-. The van der Waals surface area contributed by atoms with Crippen molar-refractivity contribution in [2.45, 2.75) is 0 Å². The van der Waals surface area contributed by atoms with E-state index in [0.717, 1.165) is 0 Å². The Labute approximate surface area is 142 Å². The Balaban J connectivity index is 1.86. The summed E-state index contributed by atoms with van der Waals surface area (Å²) in [5.74, 6) is 0.424. The van der Waals surface area contributed by atoms with Crippen molar-refractivity contribution in [2.75, 3.05) is 7.11 Å². The summed E-state index contributed by atoms with van der Waals surface area (Å²) in [5.41, 5.74) is 1.25. The summed E-state index contributed by atoms with van der Waals surface area (Å²) in [7, 11) is 1.47. The highest BCUT2D eigenvalue weighted by Gasteiger charge is 2.12. The van der Waals surface area contributed by atoms with Gasteiger partial charge in [-0.05, 0) is 48.0 Å². The van der Waals surface area contributed by atoms with Gasteiger partial charge in [0.25, 0.3) is 5.89 Å². The first-order valence-corrected chi connectivity index (χ1v) is 7.29. The van der Waals surface area contributed by atoms with E-state index in [9.17, 15) is 9.50 Å². The maximum absolute atomic E-state index is 12.9. The molecule has 7 heteroatoms. The Morgan fingerprint density at radius 3 is 2.67 bits per heavy atom. The SMILES string of the molecule is COc1ccc(/C=C(\Cl)c2nc(-c3ccc(F)cc3)no2)cc1O. The number of hydrogen-bond acceptors (Lipinski definition) is 5. The Hall–Kier alpha value is -2.86. The molecule has 1 N–H and O–H groups in total. The minimum absolute atomic E-state index is 0.00625. The molecule has 1 aromatic heterocycles. The van der Waals surface area contributed by atoms with E-state index >= 15 is 0 Å². The lowest BCUT2D eigenvalue weighted by atomic mass is 10.2. The van der Waals surface area contributed by atoms with Crippen LogP contribution in [0.15, 0.2) is 47.0 Å². The normalized spacial score (nSPS) is 11.5. The summed E-state index contributed by atoms with van der Waals surface area (Å²) in [6.07, 6.45) is 1.57. The molecule has 0 radical (unpaired) electrons. The molecule has 0 bridgehead atoms. The van der Waals surface area contributed by atoms with Crippen molar-refractivity contribution in [3.8, 4) is 22.9 Å². The summed E-state index contributed by atoms with van der Waals surface area (Å²) in [5, 5.41) is 13.8. The third-order valence-corrected chi connectivity index (χ3v) is 3.50. The molecule has 3 rings (SSSR count). The molecule has 0 atom stereocenters. The highest BCUT2D eigenvalue weighted by molar-refractivity contribution is 6.50. The molecule has 0 fully saturated rings. The molecule has 0 saturated carbocycles. The summed E-state index contributed by atoms with van der Waals surface area (Å²) in [6, 6.07) is 10.5. The van der Waals surface area contributed by atoms with E-state index in [0.29, 0.717) is 22.7 Å². The van der Waals surface area contributed by atoms with Crippen molar-refractivity contribution in [2.24, 2.45) is 0 Å². The van der Waals surface area contributed by atoms with Gasteiger partial charge in [-0.2, -0.15) is 4.98 Å². The number of halogens is 2. The van der Waals surface area contributed by atoms with Crippen LogP contribution < -0.4 is 4.74 Å². The van der Waals surface area contributed by atoms with Crippen molar-refractivity contribution in [1.29, 1.82) is 0 Å². The van der Waals surface area contributed by atoms with E-state index in [-0.39, 0.29) is 22.5 Å². The van der Waals surface area contributed by atoms with Crippen LogP contribution in [0.2, 0.25) is 0 Å². The molecule has 0 aliphatic rings. The number of hydrogen-bond donors (Lipinski definition) is 1. The maximum Gasteiger partial charge on any atom is 0.269 e. The van der Waals surface area contributed by atoms with Gasteiger partial charge >= 0.3 is 0 Å². The van der Waals surface area contributed by atoms with Gasteiger partial charge in [-0.25, -0.2) is 4.39 Å². The lowest BCUT2D eigenvalue weighted by molar-refractivity contribution is 0.373. The van der Waals surface area contributed by atoms with Crippen LogP contribution in [0.4, 0.5) is 4.39 Å². The van der Waals surface area contributed by atoms with Crippen LogP contribution in [0, 0.1) is 5.82 Å². The number of benzene rings is 2. The minimum atomic E-state index is -0.347. The van der Waals surface area contributed by atoms with Gasteiger partial charge in [-0.15, -0.1) is 0 Å². The number of ether oxygens (including phenoxy) is 1. The molecule has 0 unspecified atom stereocenters. The summed E-state index contributed by atoms with van der Waals surface area (Å²) >= 11 is 6.18. The lowest BCUT2D eigenvalue weighted by Crippen LogP contribution is -1.84. The molecule has 1 heterocycles. The number of aromatic nitrogens is 2. The van der Waals surface area contributed by atoms with Crippen molar-refractivity contribution in [1.82, 2.24) is 10.1 Å². The number of rotatable bonds is 4. The fourth-order valence-electron chi connectivity index (χ4n) is 2.04. The zero-order chi connectivity index (χ0) is 17.1. The second kappa shape index (κ2) is 6.72. The van der Waals surface area contributed by atoms with Crippen LogP contribution in [0.5, 0.6) is 11.5 Å². The molecule has 0 amide bonds. The first kappa shape index (κ1) is 16.0. The van der Waals surface area contributed by atoms with Crippen molar-refractivity contribution >= 4 is 22.7 Å². The van der Waals surface area contributed by atoms with Crippen LogP contribution >= 0.6 is 11.6 Å². The quantitative estimate of drug-likeness (QED) is 0.761. The first-order valence-electron chi connectivity index (χ1n) is 6.91. The average Bonchev–Trinajstić information content (AvgIpc) is 3.06. The topological polar surface area (TPSA) is 68.4 Å². The van der Waals surface area contributed by atoms with Gasteiger partial charge in [0, 0.05) is 5.56 Å². The Morgan fingerprint density at radius 1 is 1.25 bits per heavy atom. The zero-order valence-electron chi connectivity index (χ0n) is 12.5. The summed E-state index contributed by atoms with van der Waals surface area (Å²) < 4.78 is 23.0. The molecule has 24 heavy (non-hydrogen) atoms. The van der Waals surface area contributed by atoms with Gasteiger partial charge in [-0.1, -0.05) is 22.8 Å². The van der Waals surface area contributed by atoms with E-state index in [4.69, 9.17) is 20.9 Å². The smallest absolute Gasteiger partial charge is 0.269 e. The molecule has 2 aromatic carbocycles. The fourth-order valence-corrected chi connectivity index (χ4v) is 2.24. The van der Waals surface area contributed by atoms with Gasteiger partial charge in [0.15, 0.2) is 11.5 Å². The monoisotopic (exact) mass is 346 g/mol. The van der Waals surface area contributed by atoms with Crippen LogP contribution in [0.3, 0.4) is 0 Å². The molecule has 0 spiro atoms. The number of aromatic hydroxyl groups is 1. The third-order valence-electron chi connectivity index (χ3n) is 3.23. The van der Waals surface area contributed by atoms with Crippen LogP contribution in [0.1, 0.15) is 11.5 Å². The Bertz CT molecular complexity index is 891. The van der Waals surface area contributed by atoms with Gasteiger partial charge in [0.1, 0.15) is 10.8 Å². The van der Waals surface area contributed by atoms with Gasteiger partial charge in [-0.3, -0.25) is 0 Å². The van der Waals surface area contributed by atoms with E-state index in [1.54, 1.807) is 30.3 Å². The molecule has 5 nitrogen and oxygen atoms in total. The molecule has 0 aliphatic heterocycles. The molecular weight excluding hydrogens is 335 g/mol. The van der Waals surface area contributed by atoms with E-state index in [1.165, 1.54) is 25.3 Å². The lowest BCUT2D eigenvalue weighted by Gasteiger charge is -2.03. The number of phenolic OH excluding ortho intramolecular Hbond substituents is 1. The van der Waals surface area contributed by atoms with Crippen molar-refractivity contribution < 1.29 is 18.8 Å². The predicted octanol–water partition coefficient (Wildman–Crippen LogP) is 4.33. The van der Waals surface area contributed by atoms with Crippen LogP contribution in [-0.2, 0) is 0 Å². The highest BCUT2D eigenvalue weighted by atomic mass is 35.5. The van der Waals surface area contributed by atoms with Gasteiger partial charge in [0.2, 0.25) is 5.82 Å². The fraction of sp³-hybridized carbons (Fsp3) is 0.0588. The molecule has 122 valence electrons. The van der Waals surface area contributed by atoms with Gasteiger partial charge in [0.05, 0.1) is 7.11 Å². The van der Waals surface area contributed by atoms with Crippen LogP contribution in [0.25, 0.3) is 22.5 Å². The largest absolute Gasteiger partial charge is 0.504 e. The number of phenols is 1. The van der Waals surface area contributed by atoms with E-state index in [2.05, 4.69) is 10.1 Å². The molecule has 3 aromatic rings. The number of nitrogens with zero attached hydrogens (tertiary/aromatic N) is 2. The highest BCUT2D eigenvalue weighted by Crippen LogP contribution is 2.29. The first-order chi connectivity index (χ1) is 11.6. The predicted molar refractivity (Wildman–Crippen MR) is 88.1 cm³/mol. The molecule has 0 saturated heterocycles. The second-order valence-electron chi connectivity index (χ2n) is 4.85. The Morgan fingerprint density at radius 2 is 2.00 bits per heavy atom. The second-order valence-corrected chi connectivity index (χ2v) is 5.26. The van der Waals surface area contributed by atoms with E-state index < -0.39 is 0 Å². The average molecular weight is 347 g/mol. The van der Waals surface area contributed by atoms with Gasteiger partial charge < -0.3 is 14.4 Å². The summed E-state index contributed by atoms with van der Waals surface area (Å²) in [6.45, 7) is 0. The molecular formula is C17H12ClFN2O3. The zero-order valence-corrected chi connectivity index (χ0v) is 13.3. The minimum Gasteiger partial charge on any atom is -0.504 e. The van der Waals surface area contributed by atoms with E-state index in [1.807, 2.05) is 0 Å². The van der Waals surface area contributed by atoms with Crippen molar-refractivity contribution in [3.05, 3.63) is 59.7 Å². The number of methoxy groups -OCH3 is 1. The molecule has 0 aliphatic carbocycles. The third kappa shape index (κ3) is 3.38. The van der Waals surface area contributed by atoms with Crippen molar-refractivity contribution in [3.63, 3.8) is 0 Å².